The number of hydrogen-bond donors (Lipinski definition) is 1. The lowest BCUT2D eigenvalue weighted by atomic mass is 10.2. The van der Waals surface area contributed by atoms with Crippen molar-refractivity contribution in [2.45, 2.75) is 6.54 Å². The molecule has 14 heavy (non-hydrogen) atoms. The lowest BCUT2D eigenvalue weighted by Crippen LogP contribution is -1.96. The number of hydrogen-bond acceptors (Lipinski definition) is 4. The van der Waals surface area contributed by atoms with E-state index in [1.54, 1.807) is 20.7 Å². The van der Waals surface area contributed by atoms with Crippen LogP contribution in [0.1, 0.15) is 5.56 Å². The van der Waals surface area contributed by atoms with Crippen molar-refractivity contribution in [3.05, 3.63) is 45.8 Å². The summed E-state index contributed by atoms with van der Waals surface area (Å²) >= 11 is 5.05. The van der Waals surface area contributed by atoms with Crippen LogP contribution in [0.3, 0.4) is 0 Å². The summed E-state index contributed by atoms with van der Waals surface area (Å²) in [7, 11) is 3.33. The van der Waals surface area contributed by atoms with Crippen LogP contribution in [0.5, 0.6) is 0 Å². The Kier molecular flexibility index (Phi) is 3.29. The zero-order valence-corrected chi connectivity index (χ0v) is 9.85. The van der Waals surface area contributed by atoms with Crippen LogP contribution in [0.2, 0.25) is 0 Å². The van der Waals surface area contributed by atoms with Crippen LogP contribution in [0.25, 0.3) is 0 Å². The van der Waals surface area contributed by atoms with E-state index < -0.39 is 0 Å². The van der Waals surface area contributed by atoms with Crippen molar-refractivity contribution in [1.29, 1.82) is 0 Å². The van der Waals surface area contributed by atoms with Crippen LogP contribution in [0.4, 0.5) is 5.00 Å². The van der Waals surface area contributed by atoms with E-state index in [9.17, 15) is 0 Å². The molecule has 72 valence electrons. The summed E-state index contributed by atoms with van der Waals surface area (Å²) in [5.74, 6) is 0. The predicted molar refractivity (Wildman–Crippen MR) is 66.8 cm³/mol. The highest BCUT2D eigenvalue weighted by molar-refractivity contribution is 7.80. The van der Waals surface area contributed by atoms with Gasteiger partial charge in [-0.1, -0.05) is 63.2 Å². The van der Waals surface area contributed by atoms with Crippen molar-refractivity contribution in [3.63, 3.8) is 0 Å². The topological polar surface area (TPSA) is 12.0 Å². The Bertz CT molecular complexity index is 444. The molecule has 0 spiro atoms. The smallest absolute Gasteiger partial charge is 0.104 e. The molecule has 0 amide bonds. The Morgan fingerprint density at radius 1 is 1.14 bits per heavy atom. The van der Waals surface area contributed by atoms with Crippen LogP contribution in [0, 0.1) is 3.82 Å². The van der Waals surface area contributed by atoms with Gasteiger partial charge >= 0.3 is 0 Å². The lowest BCUT2D eigenvalue weighted by Gasteiger charge is -2.01. The predicted octanol–water partition coefficient (Wildman–Crippen LogP) is 4.15. The number of nitrogens with one attached hydrogen (secondary N) is 1. The van der Waals surface area contributed by atoms with Gasteiger partial charge in [-0.15, -0.1) is 0 Å². The fourth-order valence-electron chi connectivity index (χ4n) is 1.11. The zero-order chi connectivity index (χ0) is 9.80. The van der Waals surface area contributed by atoms with E-state index in [1.165, 1.54) is 5.56 Å². The molecule has 0 atom stereocenters. The third-order valence-electron chi connectivity index (χ3n) is 1.77. The van der Waals surface area contributed by atoms with Gasteiger partial charge < -0.3 is 5.32 Å². The third kappa shape index (κ3) is 2.64. The van der Waals surface area contributed by atoms with Gasteiger partial charge in [0.15, 0.2) is 0 Å². The maximum absolute atomic E-state index is 5.05. The summed E-state index contributed by atoms with van der Waals surface area (Å²) in [4.78, 5) is 0. The molecule has 1 nitrogen and oxygen atoms in total. The normalized spacial score (nSPS) is 10.0. The molecule has 1 heterocycles. The van der Waals surface area contributed by atoms with Gasteiger partial charge in [-0.25, -0.2) is 0 Å². The van der Waals surface area contributed by atoms with E-state index in [-0.39, 0.29) is 0 Å². The van der Waals surface area contributed by atoms with Crippen molar-refractivity contribution in [2.75, 3.05) is 5.32 Å². The zero-order valence-electron chi connectivity index (χ0n) is 7.40. The Hall–Kier alpha value is -0.710. The van der Waals surface area contributed by atoms with Crippen LogP contribution >= 0.6 is 32.9 Å². The molecular weight excluding hydrogens is 230 g/mol. The Balaban J connectivity index is 1.98. The highest BCUT2D eigenvalue weighted by atomic mass is 32.9. The maximum Gasteiger partial charge on any atom is 0.104 e. The highest BCUT2D eigenvalue weighted by Gasteiger charge is 1.95. The molecule has 4 heteroatoms. The molecule has 0 bridgehead atoms. The second-order valence-electron chi connectivity index (χ2n) is 2.83. The second-order valence-corrected chi connectivity index (χ2v) is 5.74. The Morgan fingerprint density at radius 3 is 2.57 bits per heavy atom. The van der Waals surface area contributed by atoms with E-state index in [0.717, 1.165) is 15.4 Å². The fourth-order valence-corrected chi connectivity index (χ4v) is 3.30. The molecule has 0 aliphatic rings. The first-order valence-corrected chi connectivity index (χ1v) is 6.78. The molecule has 0 saturated heterocycles. The van der Waals surface area contributed by atoms with E-state index in [1.807, 2.05) is 24.3 Å². The quantitative estimate of drug-likeness (QED) is 0.638. The summed E-state index contributed by atoms with van der Waals surface area (Å²) < 4.78 is 0.950. The van der Waals surface area contributed by atoms with Gasteiger partial charge in [0.05, 0.1) is 0 Å². The standard InChI is InChI=1S/C10H9NS3/c12-10-6-9(13-14-10)11-7-8-4-2-1-3-5-8/h1-6,11H,7H2. The SMILES string of the molecule is S=c1cc(NCc2ccccc2)ss1. The highest BCUT2D eigenvalue weighted by Crippen LogP contribution is 2.23. The number of anilines is 1. The molecule has 1 aromatic heterocycles. The molecule has 2 rings (SSSR count). The molecule has 1 aromatic carbocycles. The lowest BCUT2D eigenvalue weighted by molar-refractivity contribution is 1.16. The van der Waals surface area contributed by atoms with E-state index in [0.29, 0.717) is 0 Å². The number of benzene rings is 1. The summed E-state index contributed by atoms with van der Waals surface area (Å²) in [6, 6.07) is 12.3. The molecule has 1 N–H and O–H groups in total. The van der Waals surface area contributed by atoms with Crippen molar-refractivity contribution < 1.29 is 0 Å². The molecular formula is C10H9NS3. The average molecular weight is 239 g/mol. The molecule has 0 fully saturated rings. The van der Waals surface area contributed by atoms with Crippen molar-refractivity contribution in [3.8, 4) is 0 Å². The van der Waals surface area contributed by atoms with Crippen molar-refractivity contribution in [2.24, 2.45) is 0 Å². The minimum atomic E-state index is 0.864. The molecule has 2 aromatic rings. The van der Waals surface area contributed by atoms with Gasteiger partial charge in [-0.2, -0.15) is 0 Å². The molecule has 0 aliphatic heterocycles. The Morgan fingerprint density at radius 2 is 1.93 bits per heavy atom. The first-order chi connectivity index (χ1) is 6.84. The monoisotopic (exact) mass is 239 g/mol. The van der Waals surface area contributed by atoms with Crippen LogP contribution in [-0.2, 0) is 6.54 Å². The maximum atomic E-state index is 5.05. The minimum absolute atomic E-state index is 0.864. The largest absolute Gasteiger partial charge is 0.372 e. The summed E-state index contributed by atoms with van der Waals surface area (Å²) in [5, 5.41) is 4.50. The molecule has 0 aliphatic carbocycles. The fraction of sp³-hybridized carbons (Fsp3) is 0.100. The first-order valence-electron chi connectivity index (χ1n) is 4.22. The minimum Gasteiger partial charge on any atom is -0.372 e. The third-order valence-corrected chi connectivity index (χ3v) is 4.59. The molecule has 0 radical (unpaired) electrons. The van der Waals surface area contributed by atoms with Gasteiger partial charge in [0, 0.05) is 12.6 Å². The van der Waals surface area contributed by atoms with E-state index in [4.69, 9.17) is 12.2 Å². The van der Waals surface area contributed by atoms with E-state index in [2.05, 4.69) is 17.4 Å². The van der Waals surface area contributed by atoms with Crippen LogP contribution in [0.15, 0.2) is 36.4 Å². The average Bonchev–Trinajstić information content (AvgIpc) is 2.63. The van der Waals surface area contributed by atoms with E-state index >= 15 is 0 Å². The van der Waals surface area contributed by atoms with Crippen LogP contribution in [-0.4, -0.2) is 0 Å². The van der Waals surface area contributed by atoms with Crippen LogP contribution < -0.4 is 5.32 Å². The number of rotatable bonds is 3. The Labute approximate surface area is 95.4 Å². The van der Waals surface area contributed by atoms with Gasteiger partial charge in [0.25, 0.3) is 0 Å². The summed E-state index contributed by atoms with van der Waals surface area (Å²) in [5.41, 5.74) is 1.29. The first kappa shape index (κ1) is 9.83. The van der Waals surface area contributed by atoms with Gasteiger partial charge in [0.2, 0.25) is 0 Å². The molecule has 0 unspecified atom stereocenters. The van der Waals surface area contributed by atoms with Gasteiger partial charge in [0.1, 0.15) is 8.82 Å². The van der Waals surface area contributed by atoms with Crippen molar-refractivity contribution in [1.82, 2.24) is 0 Å². The van der Waals surface area contributed by atoms with Crippen molar-refractivity contribution >= 4 is 37.9 Å². The van der Waals surface area contributed by atoms with Gasteiger partial charge in [-0.05, 0) is 5.56 Å². The summed E-state index contributed by atoms with van der Waals surface area (Å²) in [6.45, 7) is 0.864. The van der Waals surface area contributed by atoms with Gasteiger partial charge in [-0.3, -0.25) is 0 Å². The molecule has 0 saturated carbocycles. The summed E-state index contributed by atoms with van der Waals surface area (Å²) in [6.07, 6.45) is 0. The second kappa shape index (κ2) is 4.68.